The molecule has 2 aliphatic rings. The normalized spacial score (nSPS) is 32.7. The zero-order chi connectivity index (χ0) is 24.0. The Bertz CT molecular complexity index is 1080. The smallest absolute Gasteiger partial charge is 0.463 e. The molecule has 14 heteroatoms. The van der Waals surface area contributed by atoms with Crippen LogP contribution in [0.3, 0.4) is 0 Å². The fourth-order valence-electron chi connectivity index (χ4n) is 3.76. The van der Waals surface area contributed by atoms with Crippen LogP contribution in [0.5, 0.6) is 0 Å². The average Bonchev–Trinajstić information content (AvgIpc) is 3.27. The molecule has 2 unspecified atom stereocenters. The van der Waals surface area contributed by atoms with Gasteiger partial charge in [0.05, 0.1) is 31.6 Å². The minimum atomic E-state index is -3.92. The lowest BCUT2D eigenvalue weighted by Crippen LogP contribution is -2.44. The summed E-state index contributed by atoms with van der Waals surface area (Å²) >= 11 is 6.87. The van der Waals surface area contributed by atoms with Crippen LogP contribution in [0.4, 0.5) is 5.82 Å². The van der Waals surface area contributed by atoms with Crippen LogP contribution in [-0.4, -0.2) is 61.9 Å². The summed E-state index contributed by atoms with van der Waals surface area (Å²) in [5.74, 6) is -0.554. The third kappa shape index (κ3) is 4.73. The quantitative estimate of drug-likeness (QED) is 0.337. The van der Waals surface area contributed by atoms with E-state index in [1.807, 2.05) is 0 Å². The number of rotatable bonds is 7. The van der Waals surface area contributed by atoms with Crippen molar-refractivity contribution in [1.29, 1.82) is 0 Å². The lowest BCUT2D eigenvalue weighted by Gasteiger charge is -2.34. The van der Waals surface area contributed by atoms with Gasteiger partial charge in [-0.15, -0.1) is 11.6 Å². The standard InChI is InChI=1S/C19H27ClN5O7P/c1-10(2)30-17(26)11(3)5-6-28-33(27)29-7-12-14(32-33)19(4,20)18(31-12)25-9-24-13-15(21)22-8-23-16(13)25/h8-12,14,18H,5-7H2,1-4H3,(H2,21,22,23)/t11?,12-,14-,18-,19-,33?/m1/s1. The molecule has 182 valence electrons. The highest BCUT2D eigenvalue weighted by molar-refractivity contribution is 7.48. The molecule has 4 heterocycles. The molecule has 0 aliphatic carbocycles. The summed E-state index contributed by atoms with van der Waals surface area (Å²) in [5.41, 5.74) is 6.73. The Morgan fingerprint density at radius 3 is 2.88 bits per heavy atom. The first-order valence-corrected chi connectivity index (χ1v) is 12.4. The second-order valence-corrected chi connectivity index (χ2v) is 11.0. The molecule has 0 aromatic carbocycles. The van der Waals surface area contributed by atoms with Gasteiger partial charge in [-0.2, -0.15) is 0 Å². The Kier molecular flexibility index (Phi) is 6.69. The van der Waals surface area contributed by atoms with E-state index in [9.17, 15) is 9.36 Å². The third-order valence-electron chi connectivity index (χ3n) is 5.51. The van der Waals surface area contributed by atoms with Crippen LogP contribution in [0.15, 0.2) is 12.7 Å². The molecule has 0 bridgehead atoms. The van der Waals surface area contributed by atoms with Gasteiger partial charge in [0.15, 0.2) is 17.7 Å². The zero-order valence-electron chi connectivity index (χ0n) is 18.7. The van der Waals surface area contributed by atoms with Gasteiger partial charge < -0.3 is 15.2 Å². The van der Waals surface area contributed by atoms with Crippen molar-refractivity contribution < 1.29 is 32.4 Å². The summed E-state index contributed by atoms with van der Waals surface area (Å²) in [6, 6.07) is 0. The van der Waals surface area contributed by atoms with E-state index in [0.29, 0.717) is 11.2 Å². The van der Waals surface area contributed by atoms with Crippen molar-refractivity contribution >= 4 is 42.4 Å². The number of anilines is 1. The van der Waals surface area contributed by atoms with Gasteiger partial charge >= 0.3 is 13.8 Å². The van der Waals surface area contributed by atoms with Gasteiger partial charge in [-0.05, 0) is 27.2 Å². The van der Waals surface area contributed by atoms with Gasteiger partial charge in [0.1, 0.15) is 28.9 Å². The molecule has 6 atom stereocenters. The van der Waals surface area contributed by atoms with Crippen molar-refractivity contribution in [3.63, 3.8) is 0 Å². The number of hydrogen-bond acceptors (Lipinski definition) is 11. The second kappa shape index (κ2) is 9.09. The number of esters is 1. The number of halogens is 1. The number of phosphoric acid groups is 1. The lowest BCUT2D eigenvalue weighted by atomic mass is 10.0. The highest BCUT2D eigenvalue weighted by Crippen LogP contribution is 2.60. The Labute approximate surface area is 195 Å². The Morgan fingerprint density at radius 2 is 2.15 bits per heavy atom. The molecule has 0 radical (unpaired) electrons. The number of alkyl halides is 1. The lowest BCUT2D eigenvalue weighted by molar-refractivity contribution is -0.152. The van der Waals surface area contributed by atoms with Crippen LogP contribution in [0.2, 0.25) is 0 Å². The van der Waals surface area contributed by atoms with Crippen molar-refractivity contribution in [3.05, 3.63) is 12.7 Å². The molecule has 2 fully saturated rings. The number of nitrogen functional groups attached to an aromatic ring is 1. The van der Waals surface area contributed by atoms with E-state index in [-0.39, 0.29) is 37.5 Å². The van der Waals surface area contributed by atoms with E-state index in [1.165, 1.54) is 12.7 Å². The SMILES string of the molecule is CC(C)OC(=O)C(C)CCOP1(=O)OC[C@H]2O[C@@H](n3cnc4c(N)ncnc43)[C@](C)(Cl)[C@@H]2O1. The summed E-state index contributed by atoms with van der Waals surface area (Å²) in [7, 11) is -3.92. The van der Waals surface area contributed by atoms with Crippen LogP contribution < -0.4 is 5.73 Å². The Hall–Kier alpha value is -1.82. The first-order valence-electron chi connectivity index (χ1n) is 10.6. The maximum Gasteiger partial charge on any atom is 0.475 e. The highest BCUT2D eigenvalue weighted by atomic mass is 35.5. The first-order chi connectivity index (χ1) is 15.5. The van der Waals surface area contributed by atoms with E-state index in [4.69, 9.17) is 40.4 Å². The number of aromatic nitrogens is 4. The van der Waals surface area contributed by atoms with Crippen LogP contribution in [0.1, 0.15) is 40.3 Å². The van der Waals surface area contributed by atoms with Crippen molar-refractivity contribution in [1.82, 2.24) is 19.5 Å². The molecule has 0 spiro atoms. The Morgan fingerprint density at radius 1 is 1.39 bits per heavy atom. The average molecular weight is 504 g/mol. The number of carbonyl (C=O) groups excluding carboxylic acids is 1. The number of phosphoric ester groups is 1. The molecule has 2 aliphatic heterocycles. The van der Waals surface area contributed by atoms with Gasteiger partial charge in [-0.3, -0.25) is 22.9 Å². The number of imidazole rings is 1. The van der Waals surface area contributed by atoms with E-state index in [2.05, 4.69) is 15.0 Å². The molecule has 12 nitrogen and oxygen atoms in total. The maximum atomic E-state index is 13.1. The molecule has 4 rings (SSSR count). The molecule has 33 heavy (non-hydrogen) atoms. The van der Waals surface area contributed by atoms with Gasteiger partial charge in [0.2, 0.25) is 0 Å². The summed E-state index contributed by atoms with van der Waals surface area (Å²) in [5, 5.41) is 0. The van der Waals surface area contributed by atoms with Crippen molar-refractivity contribution in [2.24, 2.45) is 5.92 Å². The molecular formula is C19H27ClN5O7P. The number of ether oxygens (including phenoxy) is 2. The van der Waals surface area contributed by atoms with Crippen molar-refractivity contribution in [2.75, 3.05) is 18.9 Å². The third-order valence-corrected chi connectivity index (χ3v) is 7.37. The van der Waals surface area contributed by atoms with Crippen LogP contribution in [0, 0.1) is 5.92 Å². The number of nitrogens with two attached hydrogens (primary N) is 1. The van der Waals surface area contributed by atoms with Gasteiger partial charge in [-0.25, -0.2) is 19.5 Å². The molecule has 0 amide bonds. The van der Waals surface area contributed by atoms with Gasteiger partial charge in [-0.1, -0.05) is 6.92 Å². The molecule has 2 N–H and O–H groups in total. The van der Waals surface area contributed by atoms with E-state index < -0.39 is 37.1 Å². The summed E-state index contributed by atoms with van der Waals surface area (Å²) in [6.45, 7) is 6.89. The molecule has 2 aromatic rings. The minimum Gasteiger partial charge on any atom is -0.463 e. The minimum absolute atomic E-state index is 0.0192. The van der Waals surface area contributed by atoms with Crippen molar-refractivity contribution in [3.8, 4) is 0 Å². The van der Waals surface area contributed by atoms with Crippen LogP contribution in [0.25, 0.3) is 11.2 Å². The largest absolute Gasteiger partial charge is 0.475 e. The van der Waals surface area contributed by atoms with Crippen LogP contribution >= 0.6 is 19.4 Å². The van der Waals surface area contributed by atoms with Crippen LogP contribution in [-0.2, 0) is 32.4 Å². The summed E-state index contributed by atoms with van der Waals surface area (Å²) in [4.78, 5) is 23.2. The summed E-state index contributed by atoms with van der Waals surface area (Å²) < 4.78 is 42.5. The van der Waals surface area contributed by atoms with E-state index in [1.54, 1.807) is 32.3 Å². The predicted molar refractivity (Wildman–Crippen MR) is 117 cm³/mol. The first kappa shape index (κ1) is 24.3. The van der Waals surface area contributed by atoms with E-state index >= 15 is 0 Å². The number of hydrogen-bond donors (Lipinski definition) is 1. The number of carbonyl (C=O) groups is 1. The molecular weight excluding hydrogens is 477 g/mol. The fraction of sp³-hybridized carbons (Fsp3) is 0.684. The number of fused-ring (bicyclic) bond motifs is 2. The Balaban J connectivity index is 1.43. The van der Waals surface area contributed by atoms with E-state index in [0.717, 1.165) is 0 Å². The fourth-order valence-corrected chi connectivity index (χ4v) is 5.65. The van der Waals surface area contributed by atoms with Crippen molar-refractivity contribution in [2.45, 2.75) is 63.5 Å². The summed E-state index contributed by atoms with van der Waals surface area (Å²) in [6.07, 6.45) is 0.748. The topological polar surface area (TPSA) is 150 Å². The molecule has 2 saturated heterocycles. The monoisotopic (exact) mass is 503 g/mol. The predicted octanol–water partition coefficient (Wildman–Crippen LogP) is 2.82. The highest BCUT2D eigenvalue weighted by Gasteiger charge is 2.60. The second-order valence-electron chi connectivity index (χ2n) is 8.54. The number of nitrogens with zero attached hydrogens (tertiary/aromatic N) is 4. The van der Waals surface area contributed by atoms with Gasteiger partial charge in [0.25, 0.3) is 0 Å². The molecule has 2 aromatic heterocycles. The maximum absolute atomic E-state index is 13.1. The molecule has 0 saturated carbocycles. The zero-order valence-corrected chi connectivity index (χ0v) is 20.4. The van der Waals surface area contributed by atoms with Gasteiger partial charge in [0, 0.05) is 0 Å².